The van der Waals surface area contributed by atoms with Gasteiger partial charge in [-0.3, -0.25) is 4.79 Å². The lowest BCUT2D eigenvalue weighted by atomic mass is 9.99. The maximum atomic E-state index is 14.8. The number of carbonyl (C=O) groups is 1. The first-order chi connectivity index (χ1) is 24.8. The van der Waals surface area contributed by atoms with Crippen LogP contribution in [0.3, 0.4) is 0 Å². The van der Waals surface area contributed by atoms with Gasteiger partial charge in [-0.1, -0.05) is 78.0 Å². The summed E-state index contributed by atoms with van der Waals surface area (Å²) in [7, 11) is -6.85. The van der Waals surface area contributed by atoms with Gasteiger partial charge >= 0.3 is 16.3 Å². The van der Waals surface area contributed by atoms with Gasteiger partial charge in [0.25, 0.3) is 0 Å². The minimum absolute atomic E-state index is 0.112. The largest absolute Gasteiger partial charge is 0.497 e. The summed E-state index contributed by atoms with van der Waals surface area (Å²) in [4.78, 5) is 14.7. The van der Waals surface area contributed by atoms with Gasteiger partial charge in [0.2, 0.25) is 0 Å². The number of rotatable bonds is 11. The lowest BCUT2D eigenvalue weighted by Gasteiger charge is -2.40. The number of ether oxygens (including phenoxy) is 1. The molecule has 0 heterocycles. The van der Waals surface area contributed by atoms with Crippen LogP contribution in [0.1, 0.15) is 32.6 Å². The molecule has 52 heavy (non-hydrogen) atoms. The van der Waals surface area contributed by atoms with Crippen molar-refractivity contribution < 1.29 is 34.7 Å². The molecule has 0 fully saturated rings. The van der Waals surface area contributed by atoms with Gasteiger partial charge in [0.1, 0.15) is 5.75 Å². The Kier molecular flexibility index (Phi) is 10.7. The second-order valence-corrected chi connectivity index (χ2v) is 17.4. The summed E-state index contributed by atoms with van der Waals surface area (Å²) in [5, 5.41) is 0. The second kappa shape index (κ2) is 15.0. The van der Waals surface area contributed by atoms with E-state index >= 15 is 0 Å². The number of aryl methyl sites for hydroxylation is 2. The van der Waals surface area contributed by atoms with Crippen molar-refractivity contribution >= 4 is 38.0 Å². The van der Waals surface area contributed by atoms with Crippen LogP contribution in [0.25, 0.3) is 0 Å². The molecule has 0 aliphatic heterocycles. The third-order valence-corrected chi connectivity index (χ3v) is 14.5. The van der Waals surface area contributed by atoms with Gasteiger partial charge in [0.05, 0.1) is 17.6 Å². The van der Waals surface area contributed by atoms with E-state index in [1.807, 2.05) is 31.2 Å². The SMILES string of the molecule is COc1ccc(S(OS(=O)(=O)c2ccc(C)cc2)(c2ccc(Sc3ccc(C)c(C(=O)c4ccccc4)c3)cc2)c2ccccc2C(F)(F)F)cc1. The van der Waals surface area contributed by atoms with Crippen molar-refractivity contribution in [3.05, 3.63) is 173 Å². The van der Waals surface area contributed by atoms with Crippen LogP contribution in [0.4, 0.5) is 13.2 Å². The fourth-order valence-electron chi connectivity index (χ4n) is 5.59. The highest BCUT2D eigenvalue weighted by Gasteiger charge is 2.45. The molecule has 0 aromatic heterocycles. The van der Waals surface area contributed by atoms with Crippen molar-refractivity contribution in [2.45, 2.75) is 49.4 Å². The van der Waals surface area contributed by atoms with E-state index in [2.05, 4.69) is 0 Å². The van der Waals surface area contributed by atoms with Crippen molar-refractivity contribution in [2.24, 2.45) is 0 Å². The molecule has 0 radical (unpaired) electrons. The molecule has 266 valence electrons. The topological polar surface area (TPSA) is 69.7 Å². The standard InChI is InChI=1S/C41H33F3O5S3/c1-28-13-21-36(22-14-28)52(46,47)49-51(34-23-16-31(48-3)17-24-34,39-12-8-7-11-38(39)41(42,43)44)35-25-19-32(20-26-35)50-33-18-15-29(2)37(27-33)40(45)30-9-5-4-6-10-30/h4-27H,1-3H3. The molecule has 0 bridgehead atoms. The third kappa shape index (κ3) is 7.68. The summed E-state index contributed by atoms with van der Waals surface area (Å²) < 4.78 is 84.3. The molecule has 5 nitrogen and oxygen atoms in total. The lowest BCUT2D eigenvalue weighted by Crippen LogP contribution is -2.18. The highest BCUT2D eigenvalue weighted by Crippen LogP contribution is 2.72. The van der Waals surface area contributed by atoms with Gasteiger partial charge in [-0.15, -0.1) is 0 Å². The van der Waals surface area contributed by atoms with E-state index in [0.717, 1.165) is 22.1 Å². The zero-order valence-electron chi connectivity index (χ0n) is 28.3. The highest BCUT2D eigenvalue weighted by molar-refractivity contribution is 8.33. The van der Waals surface area contributed by atoms with E-state index < -0.39 is 32.2 Å². The summed E-state index contributed by atoms with van der Waals surface area (Å²) >= 11 is 1.36. The molecule has 0 saturated heterocycles. The highest BCUT2D eigenvalue weighted by atomic mass is 32.3. The predicted octanol–water partition coefficient (Wildman–Crippen LogP) is 11.3. The molecular weight excluding hydrogens is 726 g/mol. The molecule has 0 saturated carbocycles. The molecule has 1 unspecified atom stereocenters. The molecule has 0 spiro atoms. The zero-order chi connectivity index (χ0) is 37.1. The maximum absolute atomic E-state index is 14.8. The molecule has 6 rings (SSSR count). The normalized spacial score (nSPS) is 13.6. The minimum Gasteiger partial charge on any atom is -0.497 e. The van der Waals surface area contributed by atoms with Crippen molar-refractivity contribution in [1.29, 1.82) is 0 Å². The van der Waals surface area contributed by atoms with Crippen molar-refractivity contribution in [3.63, 3.8) is 0 Å². The van der Waals surface area contributed by atoms with Crippen LogP contribution >= 0.6 is 22.1 Å². The van der Waals surface area contributed by atoms with Crippen LogP contribution in [0.5, 0.6) is 5.75 Å². The van der Waals surface area contributed by atoms with Crippen molar-refractivity contribution in [1.82, 2.24) is 0 Å². The number of methoxy groups -OCH3 is 1. The number of ketones is 1. The van der Waals surface area contributed by atoms with E-state index in [9.17, 15) is 26.4 Å². The smallest absolute Gasteiger partial charge is 0.417 e. The number of hydrogen-bond acceptors (Lipinski definition) is 6. The summed E-state index contributed by atoms with van der Waals surface area (Å²) in [6.07, 6.45) is -4.84. The molecular formula is C41H33F3O5S3. The average Bonchev–Trinajstić information content (AvgIpc) is 3.15. The summed E-state index contributed by atoms with van der Waals surface area (Å²) in [5.74, 6) is 0.316. The summed E-state index contributed by atoms with van der Waals surface area (Å²) in [6, 6.07) is 38.2. The maximum Gasteiger partial charge on any atom is 0.417 e. The number of alkyl halides is 3. The van der Waals surface area contributed by atoms with E-state index in [4.69, 9.17) is 8.37 Å². The Morgan fingerprint density at radius 2 is 1.21 bits per heavy atom. The average molecular weight is 759 g/mol. The molecule has 1 atom stereocenters. The van der Waals surface area contributed by atoms with Crippen LogP contribution in [0, 0.1) is 13.8 Å². The van der Waals surface area contributed by atoms with Gasteiger partial charge in [-0.25, -0.2) is 3.63 Å². The van der Waals surface area contributed by atoms with Gasteiger partial charge in [0, 0.05) is 35.6 Å². The van der Waals surface area contributed by atoms with Crippen LogP contribution < -0.4 is 4.74 Å². The number of carbonyl (C=O) groups excluding carboxylic acids is 1. The van der Waals surface area contributed by atoms with Gasteiger partial charge < -0.3 is 4.74 Å². The number of halogens is 3. The second-order valence-electron chi connectivity index (χ2n) is 11.8. The monoisotopic (exact) mass is 758 g/mol. The van der Waals surface area contributed by atoms with Gasteiger partial charge in [0.15, 0.2) is 5.78 Å². The fourth-order valence-corrected chi connectivity index (χ4v) is 11.8. The van der Waals surface area contributed by atoms with E-state index in [1.165, 1.54) is 61.3 Å². The predicted molar refractivity (Wildman–Crippen MR) is 198 cm³/mol. The first-order valence-electron chi connectivity index (χ1n) is 16.0. The Labute approximate surface area is 307 Å². The Morgan fingerprint density at radius 3 is 1.83 bits per heavy atom. The minimum atomic E-state index is -4.84. The van der Waals surface area contributed by atoms with Crippen LogP contribution in [-0.4, -0.2) is 21.3 Å². The molecule has 6 aromatic rings. The molecule has 0 aliphatic rings. The Hall–Kier alpha value is -4.81. The third-order valence-electron chi connectivity index (χ3n) is 8.28. The van der Waals surface area contributed by atoms with Crippen LogP contribution in [0.15, 0.2) is 175 Å². The van der Waals surface area contributed by atoms with Crippen LogP contribution in [-0.2, 0) is 19.9 Å². The molecule has 0 amide bonds. The Balaban J connectivity index is 1.50. The lowest BCUT2D eigenvalue weighted by molar-refractivity contribution is -0.139. The molecule has 11 heteroatoms. The van der Waals surface area contributed by atoms with Crippen molar-refractivity contribution in [2.75, 3.05) is 7.11 Å². The Bertz CT molecular complexity index is 2310. The number of hydrogen-bond donors (Lipinski definition) is 0. The van der Waals surface area contributed by atoms with E-state index in [0.29, 0.717) is 21.8 Å². The van der Waals surface area contributed by atoms with Gasteiger partial charge in [-0.2, -0.15) is 21.6 Å². The molecule has 0 aliphatic carbocycles. The summed E-state index contributed by atoms with van der Waals surface area (Å²) in [5.41, 5.74) is 1.71. The first-order valence-corrected chi connectivity index (χ1v) is 19.7. The number of benzene rings is 6. The molecule has 0 N–H and O–H groups in total. The van der Waals surface area contributed by atoms with Gasteiger partial charge in [-0.05, 0) is 115 Å². The zero-order valence-corrected chi connectivity index (χ0v) is 30.7. The quantitative estimate of drug-likeness (QED) is 0.123. The van der Waals surface area contributed by atoms with Crippen molar-refractivity contribution in [3.8, 4) is 5.75 Å². The summed E-state index contributed by atoms with van der Waals surface area (Å²) in [6.45, 7) is 3.66. The Morgan fingerprint density at radius 1 is 0.654 bits per heavy atom. The first kappa shape index (κ1) is 37.0. The molecule has 6 aromatic carbocycles. The van der Waals surface area contributed by atoms with E-state index in [1.54, 1.807) is 79.7 Å². The van der Waals surface area contributed by atoms with E-state index in [-0.39, 0.29) is 25.4 Å². The van der Waals surface area contributed by atoms with Crippen LogP contribution in [0.2, 0.25) is 0 Å². The fraction of sp³-hybridized carbons (Fsp3) is 0.0976.